The molecule has 1 amide bonds. The van der Waals surface area contributed by atoms with Crippen molar-refractivity contribution in [2.75, 3.05) is 0 Å². The van der Waals surface area contributed by atoms with E-state index in [9.17, 15) is 46.1 Å². The van der Waals surface area contributed by atoms with Crippen LogP contribution in [-0.2, 0) is 29.0 Å². The monoisotopic (exact) mass is 569 g/mol. The molecule has 0 bridgehead atoms. The molecular formula is C21H14F3N5O7S2. The summed E-state index contributed by atoms with van der Waals surface area (Å²) in [5, 5.41) is 11.2. The van der Waals surface area contributed by atoms with E-state index in [1.165, 1.54) is 30.3 Å². The van der Waals surface area contributed by atoms with Gasteiger partial charge in [0.05, 0.1) is 15.3 Å². The zero-order valence-corrected chi connectivity index (χ0v) is 20.6. The van der Waals surface area contributed by atoms with E-state index in [2.05, 4.69) is 4.37 Å². The van der Waals surface area contributed by atoms with Gasteiger partial charge in [-0.05, 0) is 29.7 Å². The van der Waals surface area contributed by atoms with Gasteiger partial charge in [0.25, 0.3) is 17.2 Å². The number of alkyl halides is 3. The minimum Gasteiger partial charge on any atom is -0.292 e. The highest BCUT2D eigenvalue weighted by Gasteiger charge is 2.35. The van der Waals surface area contributed by atoms with Crippen LogP contribution in [0, 0.1) is 10.1 Å². The molecule has 0 fully saturated rings. The molecule has 2 heterocycles. The van der Waals surface area contributed by atoms with Crippen molar-refractivity contribution in [3.63, 3.8) is 0 Å². The number of rotatable bonds is 6. The van der Waals surface area contributed by atoms with Gasteiger partial charge in [-0.1, -0.05) is 18.2 Å². The molecule has 0 aliphatic heterocycles. The van der Waals surface area contributed by atoms with Gasteiger partial charge in [-0.25, -0.2) is 22.5 Å². The predicted molar refractivity (Wildman–Crippen MR) is 129 cm³/mol. The molecular weight excluding hydrogens is 555 g/mol. The number of benzene rings is 2. The fraction of sp³-hybridized carbons (Fsp3) is 0.143. The van der Waals surface area contributed by atoms with E-state index in [1.807, 2.05) is 0 Å². The molecule has 1 N–H and O–H groups in total. The summed E-state index contributed by atoms with van der Waals surface area (Å²) in [4.78, 5) is 48.2. The van der Waals surface area contributed by atoms with Crippen LogP contribution in [0.25, 0.3) is 15.8 Å². The Kier molecular flexibility index (Phi) is 6.66. The number of aromatic nitrogens is 3. The topological polar surface area (TPSA) is 163 Å². The Hall–Kier alpha value is -4.38. The fourth-order valence-corrected chi connectivity index (χ4v) is 5.46. The maximum absolute atomic E-state index is 13.1. The first-order valence-corrected chi connectivity index (χ1v) is 12.7. The highest BCUT2D eigenvalue weighted by molar-refractivity contribution is 7.89. The number of nitrogens with one attached hydrogen (secondary N) is 1. The van der Waals surface area contributed by atoms with Crippen LogP contribution < -0.4 is 16.0 Å². The quantitative estimate of drug-likeness (QED) is 0.273. The van der Waals surface area contributed by atoms with Crippen LogP contribution >= 0.6 is 11.5 Å². The van der Waals surface area contributed by atoms with Gasteiger partial charge in [-0.3, -0.25) is 24.3 Å². The number of sulfonamides is 1. The molecule has 0 aliphatic carbocycles. The maximum Gasteiger partial charge on any atom is 0.431 e. The first kappa shape index (κ1) is 26.7. The van der Waals surface area contributed by atoms with Crippen molar-refractivity contribution in [3.8, 4) is 5.69 Å². The van der Waals surface area contributed by atoms with Crippen molar-refractivity contribution in [2.45, 2.75) is 11.9 Å². The molecule has 2 aromatic carbocycles. The number of para-hydroxylation sites is 1. The summed E-state index contributed by atoms with van der Waals surface area (Å²) in [5.74, 6) is -2.08. The number of nitro groups is 1. The lowest BCUT2D eigenvalue weighted by atomic mass is 10.2. The lowest BCUT2D eigenvalue weighted by Crippen LogP contribution is -2.40. The van der Waals surface area contributed by atoms with E-state index in [1.54, 1.807) is 4.72 Å². The van der Waals surface area contributed by atoms with Crippen molar-refractivity contribution in [3.05, 3.63) is 96.4 Å². The minimum atomic E-state index is -4.95. The van der Waals surface area contributed by atoms with Crippen LogP contribution in [0.1, 0.15) is 21.7 Å². The summed E-state index contributed by atoms with van der Waals surface area (Å²) in [7, 11) is -3.60. The maximum atomic E-state index is 13.1. The smallest absolute Gasteiger partial charge is 0.292 e. The number of amides is 1. The largest absolute Gasteiger partial charge is 0.431 e. The van der Waals surface area contributed by atoms with Crippen LogP contribution in [0.5, 0.6) is 0 Å². The minimum absolute atomic E-state index is 0.0137. The second kappa shape index (κ2) is 9.49. The molecule has 0 saturated heterocycles. The van der Waals surface area contributed by atoms with E-state index in [0.717, 1.165) is 30.7 Å². The Morgan fingerprint density at radius 2 is 1.84 bits per heavy atom. The Morgan fingerprint density at radius 1 is 1.16 bits per heavy atom. The number of carbonyl (C=O) groups excluding carboxylic acids is 1. The van der Waals surface area contributed by atoms with Crippen LogP contribution in [0.15, 0.2) is 58.1 Å². The molecule has 17 heteroatoms. The zero-order valence-electron chi connectivity index (χ0n) is 18.9. The van der Waals surface area contributed by atoms with Gasteiger partial charge in [-0.15, -0.1) is 0 Å². The number of nitrogens with zero attached hydrogens (tertiary/aromatic N) is 4. The summed E-state index contributed by atoms with van der Waals surface area (Å²) in [6.07, 6.45) is -4.95. The molecule has 4 rings (SSSR count). The molecule has 4 aromatic rings. The Balaban J connectivity index is 1.71. The van der Waals surface area contributed by atoms with E-state index >= 15 is 0 Å². The van der Waals surface area contributed by atoms with Gasteiger partial charge >= 0.3 is 11.9 Å². The lowest BCUT2D eigenvalue weighted by Gasteiger charge is -2.14. The van der Waals surface area contributed by atoms with Crippen LogP contribution in [0.3, 0.4) is 0 Å². The van der Waals surface area contributed by atoms with Gasteiger partial charge in [0.2, 0.25) is 10.0 Å². The molecule has 0 aliphatic rings. The Morgan fingerprint density at radius 3 is 2.50 bits per heavy atom. The summed E-state index contributed by atoms with van der Waals surface area (Å²) >= 11 is 0.785. The van der Waals surface area contributed by atoms with Crippen molar-refractivity contribution in [1.29, 1.82) is 0 Å². The predicted octanol–water partition coefficient (Wildman–Crippen LogP) is 2.33. The SMILES string of the molecule is Cn1c(C(F)(F)F)cc(=O)n(-c2ccc3snc(C(=O)NS(=O)(=O)Cc4ccccc4[N+](=O)[O-])c3c2)c1=O. The number of nitro benzene ring substituents is 1. The van der Waals surface area contributed by atoms with Gasteiger partial charge in [0.15, 0.2) is 5.69 Å². The van der Waals surface area contributed by atoms with Gasteiger partial charge in [0, 0.05) is 30.1 Å². The normalized spacial score (nSPS) is 12.0. The fourth-order valence-electron chi connectivity index (χ4n) is 3.61. The first-order chi connectivity index (χ1) is 17.7. The molecule has 0 saturated carbocycles. The standard InChI is InChI=1S/C21H14F3N5O7S2/c1-27-16(21(22,23)24)9-17(30)28(20(27)32)12-6-7-15-13(8-12)18(25-37-15)19(31)26-38(35,36)10-11-4-2-3-5-14(11)29(33)34/h2-9H,10H2,1H3,(H,26,31). The van der Waals surface area contributed by atoms with Crippen LogP contribution in [-0.4, -0.2) is 32.8 Å². The van der Waals surface area contributed by atoms with Crippen molar-refractivity contribution >= 4 is 43.2 Å². The molecule has 2 aromatic heterocycles. The molecule has 38 heavy (non-hydrogen) atoms. The molecule has 0 spiro atoms. The first-order valence-electron chi connectivity index (χ1n) is 10.3. The molecule has 198 valence electrons. The summed E-state index contributed by atoms with van der Waals surface area (Å²) in [6.45, 7) is 0. The number of hydrogen-bond donors (Lipinski definition) is 1. The molecule has 0 atom stereocenters. The lowest BCUT2D eigenvalue weighted by molar-refractivity contribution is -0.385. The Labute approximate surface area is 213 Å². The highest BCUT2D eigenvalue weighted by Crippen LogP contribution is 2.28. The summed E-state index contributed by atoms with van der Waals surface area (Å²) in [5.41, 5.74) is -5.25. The third-order valence-corrected chi connectivity index (χ3v) is 7.33. The number of halogens is 3. The van der Waals surface area contributed by atoms with Gasteiger partial charge < -0.3 is 0 Å². The van der Waals surface area contributed by atoms with E-state index < -0.39 is 61.1 Å². The molecule has 0 radical (unpaired) electrons. The number of fused-ring (bicyclic) bond motifs is 1. The number of carbonyl (C=O) groups is 1. The summed E-state index contributed by atoms with van der Waals surface area (Å²) < 4.78 is 71.3. The Bertz CT molecular complexity index is 1840. The summed E-state index contributed by atoms with van der Waals surface area (Å²) in [6, 6.07) is 9.06. The highest BCUT2D eigenvalue weighted by atomic mass is 32.2. The van der Waals surface area contributed by atoms with Crippen LogP contribution in [0.2, 0.25) is 0 Å². The van der Waals surface area contributed by atoms with Crippen molar-refractivity contribution < 1.29 is 31.3 Å². The second-order valence-electron chi connectivity index (χ2n) is 7.83. The van der Waals surface area contributed by atoms with Crippen molar-refractivity contribution in [1.82, 2.24) is 18.2 Å². The molecule has 12 nitrogen and oxygen atoms in total. The average molecular weight is 569 g/mol. The second-order valence-corrected chi connectivity index (χ2v) is 10.4. The zero-order chi connectivity index (χ0) is 28.0. The van der Waals surface area contributed by atoms with E-state index in [0.29, 0.717) is 9.27 Å². The van der Waals surface area contributed by atoms with Gasteiger partial charge in [0.1, 0.15) is 11.4 Å². The third kappa shape index (κ3) is 5.05. The third-order valence-electron chi connectivity index (χ3n) is 5.32. The average Bonchev–Trinajstić information content (AvgIpc) is 3.24. The van der Waals surface area contributed by atoms with E-state index in [4.69, 9.17) is 0 Å². The molecule has 0 unspecified atom stereocenters. The van der Waals surface area contributed by atoms with Gasteiger partial charge in [-0.2, -0.15) is 17.5 Å². The van der Waals surface area contributed by atoms with Crippen molar-refractivity contribution in [2.24, 2.45) is 7.05 Å². The number of hydrogen-bond acceptors (Lipinski definition) is 9. The van der Waals surface area contributed by atoms with E-state index in [-0.39, 0.29) is 27.3 Å². The van der Waals surface area contributed by atoms with Crippen LogP contribution in [0.4, 0.5) is 18.9 Å².